The van der Waals surface area contributed by atoms with E-state index in [1.54, 1.807) is 12.3 Å². The van der Waals surface area contributed by atoms with Crippen molar-refractivity contribution in [3.63, 3.8) is 0 Å². The van der Waals surface area contributed by atoms with Crippen LogP contribution in [0.3, 0.4) is 0 Å². The molecule has 5 nitrogen and oxygen atoms in total. The van der Waals surface area contributed by atoms with Gasteiger partial charge in [0.05, 0.1) is 5.56 Å². The fourth-order valence-electron chi connectivity index (χ4n) is 0.926. The van der Waals surface area contributed by atoms with Crippen molar-refractivity contribution < 1.29 is 9.90 Å². The summed E-state index contributed by atoms with van der Waals surface area (Å²) in [5, 5.41) is 9.34. The molecular formula is C8H5N3O2S2. The first kappa shape index (κ1) is 10.1. The van der Waals surface area contributed by atoms with Crippen LogP contribution < -0.4 is 0 Å². The summed E-state index contributed by atoms with van der Waals surface area (Å²) in [6.07, 6.45) is 2.98. The van der Waals surface area contributed by atoms with Crippen LogP contribution in [-0.2, 0) is 0 Å². The van der Waals surface area contributed by atoms with Gasteiger partial charge in [-0.25, -0.2) is 14.8 Å². The monoisotopic (exact) mass is 239 g/mol. The van der Waals surface area contributed by atoms with Gasteiger partial charge in [0.2, 0.25) is 0 Å². The third-order valence-electron chi connectivity index (χ3n) is 1.53. The summed E-state index contributed by atoms with van der Waals surface area (Å²) < 4.78 is 4.50. The van der Waals surface area contributed by atoms with Gasteiger partial charge in [0.15, 0.2) is 4.34 Å². The summed E-state index contributed by atoms with van der Waals surface area (Å²) in [4.78, 5) is 18.8. The molecule has 0 radical (unpaired) electrons. The number of carboxylic acid groups (broad SMARTS) is 1. The SMILES string of the molecule is O=C(O)c1cccnc1Sc1ncns1. The van der Waals surface area contributed by atoms with Crippen molar-refractivity contribution in [2.75, 3.05) is 0 Å². The first-order valence-electron chi connectivity index (χ1n) is 3.90. The average Bonchev–Trinajstić information content (AvgIpc) is 2.71. The van der Waals surface area contributed by atoms with Gasteiger partial charge in [0, 0.05) is 6.20 Å². The van der Waals surface area contributed by atoms with Gasteiger partial charge in [-0.3, -0.25) is 0 Å². The molecule has 1 N–H and O–H groups in total. The number of aromatic carboxylic acids is 1. The first-order chi connectivity index (χ1) is 7.27. The van der Waals surface area contributed by atoms with E-state index in [9.17, 15) is 4.79 Å². The third kappa shape index (κ3) is 2.31. The lowest BCUT2D eigenvalue weighted by atomic mass is 10.3. The Balaban J connectivity index is 2.32. The van der Waals surface area contributed by atoms with Gasteiger partial charge in [-0.05, 0) is 35.4 Å². The van der Waals surface area contributed by atoms with E-state index >= 15 is 0 Å². The molecule has 0 saturated carbocycles. The number of hydrogen-bond acceptors (Lipinski definition) is 6. The molecule has 0 aliphatic rings. The molecule has 76 valence electrons. The minimum absolute atomic E-state index is 0.178. The van der Waals surface area contributed by atoms with Crippen molar-refractivity contribution in [2.24, 2.45) is 0 Å². The summed E-state index contributed by atoms with van der Waals surface area (Å²) in [5.74, 6) is -0.991. The smallest absolute Gasteiger partial charge is 0.338 e. The van der Waals surface area contributed by atoms with E-state index in [2.05, 4.69) is 14.3 Å². The van der Waals surface area contributed by atoms with Crippen LogP contribution in [0.5, 0.6) is 0 Å². The highest BCUT2D eigenvalue weighted by Crippen LogP contribution is 2.28. The molecule has 0 aromatic carbocycles. The molecule has 0 aliphatic carbocycles. The highest BCUT2D eigenvalue weighted by atomic mass is 32.2. The van der Waals surface area contributed by atoms with Crippen LogP contribution in [0.15, 0.2) is 34.0 Å². The summed E-state index contributed by atoms with van der Waals surface area (Å²) in [6, 6.07) is 3.10. The fourth-order valence-corrected chi connectivity index (χ4v) is 2.36. The van der Waals surface area contributed by atoms with Crippen LogP contribution in [0.2, 0.25) is 0 Å². The van der Waals surface area contributed by atoms with E-state index < -0.39 is 5.97 Å². The molecular weight excluding hydrogens is 234 g/mol. The second-order valence-electron chi connectivity index (χ2n) is 2.47. The normalized spacial score (nSPS) is 10.1. The zero-order chi connectivity index (χ0) is 10.7. The first-order valence-corrected chi connectivity index (χ1v) is 5.49. The zero-order valence-corrected chi connectivity index (χ0v) is 8.96. The van der Waals surface area contributed by atoms with Crippen molar-refractivity contribution in [1.29, 1.82) is 0 Å². The van der Waals surface area contributed by atoms with Crippen LogP contribution >= 0.6 is 23.3 Å². The number of pyridine rings is 1. The van der Waals surface area contributed by atoms with Crippen molar-refractivity contribution >= 4 is 29.3 Å². The van der Waals surface area contributed by atoms with Crippen LogP contribution in [0.1, 0.15) is 10.4 Å². The molecule has 0 spiro atoms. The molecule has 0 unspecified atom stereocenters. The van der Waals surface area contributed by atoms with Gasteiger partial charge >= 0.3 is 5.97 Å². The number of rotatable bonds is 3. The lowest BCUT2D eigenvalue weighted by Gasteiger charge is -2.00. The minimum Gasteiger partial charge on any atom is -0.478 e. The van der Waals surface area contributed by atoms with E-state index in [0.29, 0.717) is 9.37 Å². The quantitative estimate of drug-likeness (QED) is 0.879. The van der Waals surface area contributed by atoms with Crippen molar-refractivity contribution in [2.45, 2.75) is 9.37 Å². The van der Waals surface area contributed by atoms with E-state index in [1.807, 2.05) is 0 Å². The molecule has 15 heavy (non-hydrogen) atoms. The van der Waals surface area contributed by atoms with Crippen molar-refractivity contribution in [3.8, 4) is 0 Å². The highest BCUT2D eigenvalue weighted by Gasteiger charge is 2.12. The standard InChI is InChI=1S/C8H5N3O2S2/c12-7(13)5-2-1-3-9-6(5)14-8-10-4-11-15-8/h1-4H,(H,12,13). The second kappa shape index (κ2) is 4.37. The largest absolute Gasteiger partial charge is 0.478 e. The lowest BCUT2D eigenvalue weighted by molar-refractivity contribution is 0.0692. The van der Waals surface area contributed by atoms with Crippen LogP contribution in [0.4, 0.5) is 0 Å². The Bertz CT molecular complexity index is 472. The van der Waals surface area contributed by atoms with E-state index in [0.717, 1.165) is 0 Å². The summed E-state index contributed by atoms with van der Waals surface area (Å²) >= 11 is 2.41. The zero-order valence-electron chi connectivity index (χ0n) is 7.32. The number of carboxylic acids is 1. The topological polar surface area (TPSA) is 76.0 Å². The number of carbonyl (C=O) groups is 1. The molecule has 0 amide bonds. The van der Waals surface area contributed by atoms with Gasteiger partial charge in [0.1, 0.15) is 11.4 Å². The maximum Gasteiger partial charge on any atom is 0.338 e. The number of hydrogen-bond donors (Lipinski definition) is 1. The summed E-state index contributed by atoms with van der Waals surface area (Å²) in [5.41, 5.74) is 0.178. The Morgan fingerprint density at radius 2 is 2.33 bits per heavy atom. The molecule has 0 fully saturated rings. The lowest BCUT2D eigenvalue weighted by Crippen LogP contribution is -1.99. The Labute approximate surface area is 93.4 Å². The Morgan fingerprint density at radius 1 is 1.47 bits per heavy atom. The molecule has 2 heterocycles. The molecule has 0 atom stereocenters. The summed E-state index contributed by atoms with van der Waals surface area (Å²) in [6.45, 7) is 0. The van der Waals surface area contributed by atoms with Crippen LogP contribution in [0, 0.1) is 0 Å². The summed E-state index contributed by atoms with van der Waals surface area (Å²) in [7, 11) is 0. The second-order valence-corrected chi connectivity index (χ2v) is 4.49. The van der Waals surface area contributed by atoms with Crippen molar-refractivity contribution in [1.82, 2.24) is 14.3 Å². The van der Waals surface area contributed by atoms with Gasteiger partial charge in [-0.2, -0.15) is 4.37 Å². The van der Waals surface area contributed by atoms with Gasteiger partial charge in [0.25, 0.3) is 0 Å². The molecule has 2 rings (SSSR count). The predicted octanol–water partition coefficient (Wildman–Crippen LogP) is 1.78. The van der Waals surface area contributed by atoms with Gasteiger partial charge in [-0.15, -0.1) is 0 Å². The Morgan fingerprint density at radius 3 is 3.00 bits per heavy atom. The van der Waals surface area contributed by atoms with Crippen molar-refractivity contribution in [3.05, 3.63) is 30.2 Å². The highest BCUT2D eigenvalue weighted by molar-refractivity contribution is 8.01. The van der Waals surface area contributed by atoms with Crippen LogP contribution in [-0.4, -0.2) is 25.4 Å². The predicted molar refractivity (Wildman–Crippen MR) is 55.2 cm³/mol. The molecule has 2 aromatic heterocycles. The third-order valence-corrected chi connectivity index (χ3v) is 3.26. The molecule has 0 saturated heterocycles. The van der Waals surface area contributed by atoms with Gasteiger partial charge < -0.3 is 5.11 Å². The number of aromatic nitrogens is 3. The van der Waals surface area contributed by atoms with Crippen LogP contribution in [0.25, 0.3) is 0 Å². The van der Waals surface area contributed by atoms with E-state index in [1.165, 1.54) is 35.7 Å². The molecule has 0 aliphatic heterocycles. The van der Waals surface area contributed by atoms with E-state index in [-0.39, 0.29) is 5.56 Å². The minimum atomic E-state index is -0.991. The molecule has 0 bridgehead atoms. The molecule has 2 aromatic rings. The fraction of sp³-hybridized carbons (Fsp3) is 0. The maximum absolute atomic E-state index is 10.9. The van der Waals surface area contributed by atoms with E-state index in [4.69, 9.17) is 5.11 Å². The average molecular weight is 239 g/mol. The maximum atomic E-state index is 10.9. The van der Waals surface area contributed by atoms with Gasteiger partial charge in [-0.1, -0.05) is 0 Å². The molecule has 7 heteroatoms. The Hall–Kier alpha value is -1.47. The number of nitrogens with zero attached hydrogens (tertiary/aromatic N) is 3. The Kier molecular flexibility index (Phi) is 2.93.